The number of nitrogens with one attached hydrogen (secondary N) is 1. The maximum absolute atomic E-state index is 7.12. The Hall–Kier alpha value is -0.850. The molecule has 0 aromatic carbocycles. The summed E-state index contributed by atoms with van der Waals surface area (Å²) in [5, 5.41) is 7.12. The van der Waals surface area contributed by atoms with Crippen LogP contribution in [0.15, 0.2) is 23.8 Å². The Morgan fingerprint density at radius 3 is 2.33 bits per heavy atom. The summed E-state index contributed by atoms with van der Waals surface area (Å²) in [4.78, 5) is 0. The van der Waals surface area contributed by atoms with Crippen molar-refractivity contribution in [1.29, 1.82) is 5.41 Å². The highest BCUT2D eigenvalue weighted by Crippen LogP contribution is 2.25. The lowest BCUT2D eigenvalue weighted by molar-refractivity contribution is 0.517. The minimum absolute atomic E-state index is 0.138. The van der Waals surface area contributed by atoms with Crippen molar-refractivity contribution in [3.63, 3.8) is 0 Å². The van der Waals surface area contributed by atoms with E-state index in [1.807, 2.05) is 6.08 Å². The van der Waals surface area contributed by atoms with E-state index in [4.69, 9.17) is 5.41 Å². The second-order valence-electron chi connectivity index (χ2n) is 4.94. The summed E-state index contributed by atoms with van der Waals surface area (Å²) >= 11 is 0. The van der Waals surface area contributed by atoms with Crippen LogP contribution in [0.5, 0.6) is 0 Å². The number of unbranched alkanes of at least 4 members (excludes halogenated alkanes) is 3. The van der Waals surface area contributed by atoms with E-state index in [0.717, 1.165) is 6.42 Å². The zero-order valence-electron chi connectivity index (χ0n) is 10.6. The molecule has 0 aliphatic rings. The van der Waals surface area contributed by atoms with Crippen LogP contribution in [-0.4, -0.2) is 6.21 Å². The van der Waals surface area contributed by atoms with Gasteiger partial charge in [-0.3, -0.25) is 0 Å². The predicted octanol–water partition coefficient (Wildman–Crippen LogP) is 4.74. The van der Waals surface area contributed by atoms with Gasteiger partial charge in [-0.25, -0.2) is 0 Å². The molecule has 0 aromatic heterocycles. The average Bonchev–Trinajstić information content (AvgIpc) is 2.14. The van der Waals surface area contributed by atoms with Gasteiger partial charge in [-0.1, -0.05) is 52.7 Å². The first-order valence-electron chi connectivity index (χ1n) is 5.90. The molecule has 0 saturated carbocycles. The molecule has 0 aliphatic carbocycles. The summed E-state index contributed by atoms with van der Waals surface area (Å²) in [6.45, 7) is 8.76. The largest absolute Gasteiger partial charge is 0.309 e. The maximum Gasteiger partial charge on any atom is 0.0180 e. The van der Waals surface area contributed by atoms with E-state index in [2.05, 4.69) is 39.8 Å². The summed E-state index contributed by atoms with van der Waals surface area (Å²) in [6, 6.07) is 0. The number of allylic oxidation sites excluding steroid dienone is 4. The highest BCUT2D eigenvalue weighted by molar-refractivity contribution is 5.70. The summed E-state index contributed by atoms with van der Waals surface area (Å²) in [7, 11) is 0. The van der Waals surface area contributed by atoms with Crippen LogP contribution in [-0.2, 0) is 0 Å². The van der Waals surface area contributed by atoms with Gasteiger partial charge in [0.05, 0.1) is 0 Å². The predicted molar refractivity (Wildman–Crippen MR) is 69.6 cm³/mol. The summed E-state index contributed by atoms with van der Waals surface area (Å²) in [5.41, 5.74) is 1.37. The zero-order chi connectivity index (χ0) is 11.7. The van der Waals surface area contributed by atoms with E-state index in [0.29, 0.717) is 0 Å². The molecule has 0 heterocycles. The third-order valence-electron chi connectivity index (χ3n) is 2.40. The van der Waals surface area contributed by atoms with Crippen LogP contribution in [0.4, 0.5) is 0 Å². The molecule has 0 aromatic rings. The molecule has 0 rings (SSSR count). The van der Waals surface area contributed by atoms with Crippen molar-refractivity contribution in [3.05, 3.63) is 23.8 Å². The molecular formula is C14H25N. The lowest BCUT2D eigenvalue weighted by Crippen LogP contribution is -2.07. The van der Waals surface area contributed by atoms with Crippen molar-refractivity contribution in [2.75, 3.05) is 0 Å². The van der Waals surface area contributed by atoms with Gasteiger partial charge in [-0.15, -0.1) is 0 Å². The van der Waals surface area contributed by atoms with Crippen molar-refractivity contribution >= 4 is 6.21 Å². The second-order valence-corrected chi connectivity index (χ2v) is 4.94. The van der Waals surface area contributed by atoms with Crippen LogP contribution in [0.2, 0.25) is 0 Å². The van der Waals surface area contributed by atoms with Crippen molar-refractivity contribution in [2.45, 2.75) is 53.4 Å². The Morgan fingerprint density at radius 1 is 1.20 bits per heavy atom. The first-order chi connectivity index (χ1) is 7.02. The van der Waals surface area contributed by atoms with Crippen molar-refractivity contribution in [1.82, 2.24) is 0 Å². The fourth-order valence-electron chi connectivity index (χ4n) is 1.37. The molecule has 0 spiro atoms. The summed E-state index contributed by atoms with van der Waals surface area (Å²) in [5.74, 6) is 0. The van der Waals surface area contributed by atoms with Crippen LogP contribution in [0.25, 0.3) is 0 Å². The number of hydrogen-bond acceptors (Lipinski definition) is 1. The summed E-state index contributed by atoms with van der Waals surface area (Å²) < 4.78 is 0. The molecule has 1 N–H and O–H groups in total. The zero-order valence-corrected chi connectivity index (χ0v) is 10.6. The molecule has 0 fully saturated rings. The van der Waals surface area contributed by atoms with Gasteiger partial charge >= 0.3 is 0 Å². The van der Waals surface area contributed by atoms with E-state index in [1.165, 1.54) is 31.1 Å². The molecule has 15 heavy (non-hydrogen) atoms. The lowest BCUT2D eigenvalue weighted by atomic mass is 9.86. The van der Waals surface area contributed by atoms with Gasteiger partial charge in [0.25, 0.3) is 0 Å². The fourth-order valence-corrected chi connectivity index (χ4v) is 1.37. The third kappa shape index (κ3) is 7.12. The molecular weight excluding hydrogens is 182 g/mol. The number of hydrogen-bond donors (Lipinski definition) is 1. The minimum atomic E-state index is 0.138. The molecule has 0 amide bonds. The molecule has 1 nitrogen and oxygen atoms in total. The standard InChI is InChI=1S/C14H25N/c1-5-6-7-8-9-10-13(11-12-15)14(2,3)4/h9-12,15H,5-8H2,1-4H3/b10-9-,13-11+,15-12?. The molecule has 0 bridgehead atoms. The summed E-state index contributed by atoms with van der Waals surface area (Å²) in [6.07, 6.45) is 12.7. The van der Waals surface area contributed by atoms with Gasteiger partial charge in [-0.05, 0) is 29.9 Å². The molecule has 0 radical (unpaired) electrons. The SMILES string of the molecule is CCCCC/C=C\C(=C/C=N)C(C)(C)C. The van der Waals surface area contributed by atoms with E-state index in [9.17, 15) is 0 Å². The molecule has 0 atom stereocenters. The Kier molecular flexibility index (Phi) is 7.02. The number of rotatable bonds is 6. The quantitative estimate of drug-likeness (QED) is 0.369. The van der Waals surface area contributed by atoms with Crippen LogP contribution in [0, 0.1) is 10.8 Å². The second kappa shape index (κ2) is 7.44. The minimum Gasteiger partial charge on any atom is -0.309 e. The Labute approximate surface area is 94.8 Å². The average molecular weight is 207 g/mol. The van der Waals surface area contributed by atoms with Gasteiger partial charge in [0.15, 0.2) is 0 Å². The van der Waals surface area contributed by atoms with E-state index >= 15 is 0 Å². The van der Waals surface area contributed by atoms with Crippen molar-refractivity contribution in [3.8, 4) is 0 Å². The Morgan fingerprint density at radius 2 is 1.87 bits per heavy atom. The van der Waals surface area contributed by atoms with Crippen LogP contribution >= 0.6 is 0 Å². The molecule has 0 saturated heterocycles. The van der Waals surface area contributed by atoms with E-state index < -0.39 is 0 Å². The fraction of sp³-hybridized carbons (Fsp3) is 0.643. The van der Waals surface area contributed by atoms with E-state index in [1.54, 1.807) is 0 Å². The van der Waals surface area contributed by atoms with E-state index in [-0.39, 0.29) is 5.41 Å². The highest BCUT2D eigenvalue weighted by Gasteiger charge is 2.13. The monoisotopic (exact) mass is 207 g/mol. The van der Waals surface area contributed by atoms with Gasteiger partial charge in [0, 0.05) is 6.21 Å². The molecule has 0 unspecified atom stereocenters. The topological polar surface area (TPSA) is 23.9 Å². The van der Waals surface area contributed by atoms with Gasteiger partial charge in [-0.2, -0.15) is 0 Å². The molecule has 0 aliphatic heterocycles. The Bertz CT molecular complexity index is 228. The first-order valence-corrected chi connectivity index (χ1v) is 5.90. The van der Waals surface area contributed by atoms with Crippen LogP contribution in [0.1, 0.15) is 53.4 Å². The molecule has 86 valence electrons. The van der Waals surface area contributed by atoms with Gasteiger partial charge in [0.1, 0.15) is 0 Å². The molecule has 1 heteroatoms. The van der Waals surface area contributed by atoms with Crippen molar-refractivity contribution < 1.29 is 0 Å². The third-order valence-corrected chi connectivity index (χ3v) is 2.40. The van der Waals surface area contributed by atoms with Crippen LogP contribution in [0.3, 0.4) is 0 Å². The first kappa shape index (κ1) is 14.2. The normalized spacial score (nSPS) is 13.5. The lowest BCUT2D eigenvalue weighted by Gasteiger charge is -2.19. The smallest absolute Gasteiger partial charge is 0.0180 e. The Balaban J connectivity index is 4.19. The van der Waals surface area contributed by atoms with Crippen LogP contribution < -0.4 is 0 Å². The maximum atomic E-state index is 7.12. The van der Waals surface area contributed by atoms with Gasteiger partial charge in [0.2, 0.25) is 0 Å². The highest BCUT2D eigenvalue weighted by atomic mass is 14.3. The van der Waals surface area contributed by atoms with Crippen molar-refractivity contribution in [2.24, 2.45) is 5.41 Å². The van der Waals surface area contributed by atoms with Gasteiger partial charge < -0.3 is 5.41 Å².